The fourth-order valence-corrected chi connectivity index (χ4v) is 6.19. The third kappa shape index (κ3) is 5.01. The Morgan fingerprint density at radius 2 is 1.90 bits per heavy atom. The van der Waals surface area contributed by atoms with E-state index in [1.54, 1.807) is 23.9 Å². The molecule has 0 radical (unpaired) electrons. The van der Waals surface area contributed by atoms with Crippen LogP contribution in [0, 0.1) is 6.92 Å². The van der Waals surface area contributed by atoms with Gasteiger partial charge in [0.1, 0.15) is 11.4 Å². The molecule has 1 aliphatic heterocycles. The highest BCUT2D eigenvalue weighted by Crippen LogP contribution is 2.43. The van der Waals surface area contributed by atoms with E-state index in [1.807, 2.05) is 49.4 Å². The molecule has 5 aromatic rings. The minimum absolute atomic E-state index is 0.0324. The lowest BCUT2D eigenvalue weighted by Crippen LogP contribution is -2.27. The second kappa shape index (κ2) is 11.0. The van der Waals surface area contributed by atoms with Crippen LogP contribution in [0.4, 0.5) is 8.78 Å². The number of carboxylic acids is 1. The first-order valence-electron chi connectivity index (χ1n) is 13.8. The molecule has 0 saturated heterocycles. The molecule has 0 bridgehead atoms. The average Bonchev–Trinajstić information content (AvgIpc) is 3.40. The van der Waals surface area contributed by atoms with Gasteiger partial charge in [0.25, 0.3) is 5.92 Å². The van der Waals surface area contributed by atoms with Gasteiger partial charge in [0.05, 0.1) is 42.6 Å². The van der Waals surface area contributed by atoms with Crippen LogP contribution in [0.1, 0.15) is 40.3 Å². The van der Waals surface area contributed by atoms with Crippen molar-refractivity contribution in [3.05, 3.63) is 82.3 Å². The van der Waals surface area contributed by atoms with Gasteiger partial charge in [0.15, 0.2) is 0 Å². The summed E-state index contributed by atoms with van der Waals surface area (Å²) in [4.78, 5) is 12.8. The Labute approximate surface area is 246 Å². The zero-order valence-corrected chi connectivity index (χ0v) is 24.0. The molecule has 1 N–H and O–H groups in total. The van der Waals surface area contributed by atoms with E-state index in [9.17, 15) is 9.90 Å². The van der Waals surface area contributed by atoms with Gasteiger partial charge in [-0.25, -0.2) is 13.6 Å². The van der Waals surface area contributed by atoms with Crippen molar-refractivity contribution < 1.29 is 28.2 Å². The number of alkyl halides is 2. The highest BCUT2D eigenvalue weighted by atomic mass is 35.5. The molecule has 218 valence electrons. The fraction of sp³-hybridized carbons (Fsp3) is 0.312. The van der Waals surface area contributed by atoms with E-state index in [0.717, 1.165) is 22.2 Å². The van der Waals surface area contributed by atoms with Gasteiger partial charge in [-0.15, -0.1) is 0 Å². The molecule has 1 aliphatic rings. The quantitative estimate of drug-likeness (QED) is 0.207. The molecular formula is C32H30ClF2N3O4. The number of carboxylic acid groups (broad SMARTS) is 1. The lowest BCUT2D eigenvalue weighted by molar-refractivity contribution is -0.0483. The number of aromatic nitrogens is 3. The van der Waals surface area contributed by atoms with E-state index >= 15 is 8.78 Å². The first-order chi connectivity index (χ1) is 20.2. The Morgan fingerprint density at radius 3 is 2.71 bits per heavy atom. The van der Waals surface area contributed by atoms with Crippen LogP contribution in [0.5, 0.6) is 5.75 Å². The SMILES string of the molecule is Cc1c2c(nn1C)COCCC(F)(F)Cn1c(C(=O)O)c(CCCOc3cccc4ccccc34)c3ccc(Cl)c-2c31. The Bertz CT molecular complexity index is 1820. The van der Waals surface area contributed by atoms with Crippen LogP contribution < -0.4 is 4.74 Å². The number of carbonyl (C=O) groups is 1. The molecule has 0 spiro atoms. The molecule has 3 heterocycles. The largest absolute Gasteiger partial charge is 0.493 e. The minimum Gasteiger partial charge on any atom is -0.493 e. The second-order valence-corrected chi connectivity index (χ2v) is 11.1. The van der Waals surface area contributed by atoms with E-state index < -0.39 is 24.9 Å². The van der Waals surface area contributed by atoms with Crippen molar-refractivity contribution >= 4 is 39.2 Å². The molecule has 0 aliphatic carbocycles. The zero-order chi connectivity index (χ0) is 29.6. The summed E-state index contributed by atoms with van der Waals surface area (Å²) in [6.07, 6.45) is 0.226. The number of halogens is 3. The summed E-state index contributed by atoms with van der Waals surface area (Å²) in [5, 5.41) is 17.9. The number of aromatic carboxylic acids is 1. The summed E-state index contributed by atoms with van der Waals surface area (Å²) in [6, 6.07) is 17.2. The average molecular weight is 594 g/mol. The van der Waals surface area contributed by atoms with E-state index in [1.165, 1.54) is 4.57 Å². The number of rotatable bonds is 6. The summed E-state index contributed by atoms with van der Waals surface area (Å²) in [5.74, 6) is -3.76. The van der Waals surface area contributed by atoms with Gasteiger partial charge in [-0.2, -0.15) is 5.10 Å². The van der Waals surface area contributed by atoms with Gasteiger partial charge in [0, 0.05) is 41.1 Å². The molecule has 3 aromatic carbocycles. The highest BCUT2D eigenvalue weighted by molar-refractivity contribution is 6.35. The number of fused-ring (bicyclic) bond motifs is 3. The second-order valence-electron chi connectivity index (χ2n) is 10.7. The van der Waals surface area contributed by atoms with Gasteiger partial charge in [-0.05, 0) is 42.8 Å². The molecule has 42 heavy (non-hydrogen) atoms. The summed E-state index contributed by atoms with van der Waals surface area (Å²) >= 11 is 6.79. The summed E-state index contributed by atoms with van der Waals surface area (Å²) in [5.41, 5.74) is 3.15. The summed E-state index contributed by atoms with van der Waals surface area (Å²) < 4.78 is 45.3. The number of ether oxygens (including phenoxy) is 2. The molecule has 0 amide bonds. The van der Waals surface area contributed by atoms with Gasteiger partial charge in [-0.3, -0.25) is 4.68 Å². The maximum atomic E-state index is 15.3. The van der Waals surface area contributed by atoms with E-state index in [4.69, 9.17) is 21.1 Å². The van der Waals surface area contributed by atoms with Gasteiger partial charge >= 0.3 is 5.97 Å². The van der Waals surface area contributed by atoms with Crippen LogP contribution in [-0.4, -0.2) is 44.6 Å². The van der Waals surface area contributed by atoms with E-state index in [0.29, 0.717) is 57.8 Å². The third-order valence-electron chi connectivity index (χ3n) is 7.96. The number of hydrogen-bond acceptors (Lipinski definition) is 4. The van der Waals surface area contributed by atoms with Crippen LogP contribution in [0.15, 0.2) is 54.6 Å². The summed E-state index contributed by atoms with van der Waals surface area (Å²) in [6.45, 7) is 1.21. The van der Waals surface area contributed by atoms with Gasteiger partial charge in [0.2, 0.25) is 0 Å². The van der Waals surface area contributed by atoms with Crippen LogP contribution in [0.2, 0.25) is 5.02 Å². The minimum atomic E-state index is -3.22. The first kappa shape index (κ1) is 28.2. The number of nitrogens with zero attached hydrogens (tertiary/aromatic N) is 3. The summed E-state index contributed by atoms with van der Waals surface area (Å²) in [7, 11) is 1.79. The van der Waals surface area contributed by atoms with Crippen LogP contribution in [-0.2, 0) is 31.4 Å². The van der Waals surface area contributed by atoms with Gasteiger partial charge in [-0.1, -0.05) is 54.1 Å². The molecule has 2 aromatic heterocycles. The monoisotopic (exact) mass is 593 g/mol. The van der Waals surface area contributed by atoms with E-state index in [2.05, 4.69) is 5.10 Å². The van der Waals surface area contributed by atoms with Crippen molar-refractivity contribution in [3.63, 3.8) is 0 Å². The van der Waals surface area contributed by atoms with Gasteiger partial charge < -0.3 is 19.1 Å². The molecule has 0 saturated carbocycles. The third-order valence-corrected chi connectivity index (χ3v) is 8.27. The molecule has 7 nitrogen and oxygen atoms in total. The van der Waals surface area contributed by atoms with Crippen molar-refractivity contribution in [3.8, 4) is 16.9 Å². The lowest BCUT2D eigenvalue weighted by atomic mass is 9.98. The van der Waals surface area contributed by atoms with Crippen LogP contribution in [0.3, 0.4) is 0 Å². The Morgan fingerprint density at radius 1 is 1.12 bits per heavy atom. The van der Waals surface area contributed by atoms with Crippen LogP contribution in [0.25, 0.3) is 32.8 Å². The topological polar surface area (TPSA) is 78.5 Å². The van der Waals surface area contributed by atoms with Crippen molar-refractivity contribution in [1.29, 1.82) is 0 Å². The zero-order valence-electron chi connectivity index (χ0n) is 23.3. The molecule has 6 rings (SSSR count). The molecule has 0 fully saturated rings. The van der Waals surface area contributed by atoms with E-state index in [-0.39, 0.29) is 18.9 Å². The van der Waals surface area contributed by atoms with Crippen LogP contribution >= 0.6 is 11.6 Å². The molecule has 0 unspecified atom stereocenters. The predicted molar refractivity (Wildman–Crippen MR) is 158 cm³/mol. The van der Waals surface area contributed by atoms with Crippen molar-refractivity contribution in [2.24, 2.45) is 7.05 Å². The first-order valence-corrected chi connectivity index (χ1v) is 14.2. The maximum absolute atomic E-state index is 15.3. The number of aryl methyl sites for hydroxylation is 2. The highest BCUT2D eigenvalue weighted by Gasteiger charge is 2.36. The fourth-order valence-electron chi connectivity index (χ4n) is 5.94. The number of benzene rings is 3. The molecular weight excluding hydrogens is 564 g/mol. The standard InChI is InChI=1S/C32H30ClF2N3O4/c1-19-27-25(36-37(19)2)17-41-16-14-32(34,35)18-38-29-23(12-13-24(33)28(27)29)22(30(38)31(39)40)10-6-15-42-26-11-5-8-20-7-3-4-9-21(20)26/h3-5,7-9,11-13H,6,10,14-18H2,1-2H3,(H,39,40). The van der Waals surface area contributed by atoms with Crippen molar-refractivity contribution in [2.75, 3.05) is 13.2 Å². The maximum Gasteiger partial charge on any atom is 0.352 e. The van der Waals surface area contributed by atoms with Crippen molar-refractivity contribution in [1.82, 2.24) is 14.3 Å². The predicted octanol–water partition coefficient (Wildman–Crippen LogP) is 7.42. The number of hydrogen-bond donors (Lipinski definition) is 1. The smallest absolute Gasteiger partial charge is 0.352 e. The Hall–Kier alpha value is -3.95. The Balaban J connectivity index is 1.46. The van der Waals surface area contributed by atoms with Crippen molar-refractivity contribution in [2.45, 2.75) is 45.3 Å². The Kier molecular flexibility index (Phi) is 7.41. The molecule has 0 atom stereocenters. The molecule has 10 heteroatoms. The normalized spacial score (nSPS) is 15.0. The lowest BCUT2D eigenvalue weighted by Gasteiger charge is -2.20.